The largest absolute Gasteiger partial charge is 0.398 e. The third kappa shape index (κ3) is 4.14. The molecular weight excluding hydrogens is 397 g/mol. The van der Waals surface area contributed by atoms with Crippen LogP contribution in [-0.2, 0) is 4.79 Å². The fourth-order valence-corrected chi connectivity index (χ4v) is 4.60. The highest BCUT2D eigenvalue weighted by Gasteiger charge is 2.50. The van der Waals surface area contributed by atoms with Crippen LogP contribution in [0.25, 0.3) is 4.98 Å². The third-order valence-electron chi connectivity index (χ3n) is 6.33. The zero-order valence-corrected chi connectivity index (χ0v) is 17.3. The number of Topliss-reactive ketones (excluding diaryl/α,β-unsaturated/α-hetero) is 1. The van der Waals surface area contributed by atoms with Gasteiger partial charge in [-0.15, -0.1) is 0 Å². The van der Waals surface area contributed by atoms with E-state index in [9.17, 15) is 14.0 Å². The van der Waals surface area contributed by atoms with Crippen molar-refractivity contribution in [1.82, 2.24) is 10.2 Å². The van der Waals surface area contributed by atoms with E-state index in [-0.39, 0.29) is 29.4 Å². The smallest absolute Gasteiger partial charge is 0.339 e. The summed E-state index contributed by atoms with van der Waals surface area (Å²) in [7, 11) is 0. The fraction of sp³-hybridized carbons (Fsp3) is 0.391. The van der Waals surface area contributed by atoms with E-state index in [0.29, 0.717) is 13.1 Å². The first-order valence-electron chi connectivity index (χ1n) is 10.5. The highest BCUT2D eigenvalue weighted by Crippen LogP contribution is 2.36. The van der Waals surface area contributed by atoms with Gasteiger partial charge < -0.3 is 15.1 Å². The molecule has 2 saturated heterocycles. The highest BCUT2D eigenvalue weighted by molar-refractivity contribution is 6.01. The van der Waals surface area contributed by atoms with E-state index in [0.717, 1.165) is 44.2 Å². The molecule has 2 aromatic carbocycles. The molecule has 0 aliphatic carbocycles. The van der Waals surface area contributed by atoms with Gasteiger partial charge in [0.15, 0.2) is 10.8 Å². The lowest BCUT2D eigenvalue weighted by Crippen LogP contribution is -2.56. The minimum absolute atomic E-state index is 0.0434. The van der Waals surface area contributed by atoms with E-state index in [1.54, 1.807) is 0 Å². The van der Waals surface area contributed by atoms with E-state index < -0.39 is 11.4 Å². The molecule has 7 nitrogen and oxygen atoms in total. The van der Waals surface area contributed by atoms with Crippen LogP contribution >= 0.6 is 0 Å². The van der Waals surface area contributed by atoms with Crippen LogP contribution in [0.2, 0.25) is 0 Å². The number of diazo groups is 1. The summed E-state index contributed by atoms with van der Waals surface area (Å²) in [6.45, 7) is 2.81. The van der Waals surface area contributed by atoms with Crippen LogP contribution in [0.15, 0.2) is 48.5 Å². The molecule has 2 fully saturated rings. The number of halogens is 1. The van der Waals surface area contributed by atoms with Crippen molar-refractivity contribution in [3.63, 3.8) is 0 Å². The molecule has 1 spiro atoms. The van der Waals surface area contributed by atoms with Crippen molar-refractivity contribution in [2.24, 2.45) is 0 Å². The number of benzene rings is 2. The molecule has 0 aromatic heterocycles. The Hall–Kier alpha value is -3.31. The van der Waals surface area contributed by atoms with E-state index in [1.165, 1.54) is 12.1 Å². The molecule has 4 rings (SSSR count). The van der Waals surface area contributed by atoms with E-state index in [2.05, 4.69) is 20.1 Å². The molecule has 1 N–H and O–H groups in total. The molecule has 31 heavy (non-hydrogen) atoms. The Labute approximate surface area is 180 Å². The van der Waals surface area contributed by atoms with Gasteiger partial charge in [-0.1, -0.05) is 18.2 Å². The molecule has 0 bridgehead atoms. The number of hydrogen-bond donors (Lipinski definition) is 1. The average molecular weight is 422 g/mol. The highest BCUT2D eigenvalue weighted by atomic mass is 19.1. The number of para-hydroxylation sites is 1. The maximum Gasteiger partial charge on any atom is 0.398 e. The van der Waals surface area contributed by atoms with Crippen molar-refractivity contribution in [2.75, 3.05) is 31.2 Å². The predicted octanol–water partition coefficient (Wildman–Crippen LogP) is 3.70. The lowest BCUT2D eigenvalue weighted by atomic mass is 9.85. The summed E-state index contributed by atoms with van der Waals surface area (Å²) < 4.78 is 13.3. The number of ketones is 1. The molecule has 2 heterocycles. The number of rotatable bonds is 6. The predicted molar refractivity (Wildman–Crippen MR) is 115 cm³/mol. The number of carbonyl (C=O) groups is 2. The van der Waals surface area contributed by atoms with E-state index in [4.69, 9.17) is 5.39 Å². The van der Waals surface area contributed by atoms with Gasteiger partial charge in [0.05, 0.1) is 12.7 Å². The molecule has 8 heteroatoms. The van der Waals surface area contributed by atoms with Crippen molar-refractivity contribution in [2.45, 2.75) is 31.2 Å². The van der Waals surface area contributed by atoms with Crippen LogP contribution < -0.4 is 10.2 Å². The quantitative estimate of drug-likeness (QED) is 0.567. The van der Waals surface area contributed by atoms with E-state index in [1.807, 2.05) is 30.3 Å². The van der Waals surface area contributed by atoms with Crippen molar-refractivity contribution >= 4 is 23.1 Å². The van der Waals surface area contributed by atoms with Crippen molar-refractivity contribution in [3.8, 4) is 0 Å². The van der Waals surface area contributed by atoms with Crippen LogP contribution in [-0.4, -0.2) is 48.4 Å². The van der Waals surface area contributed by atoms with E-state index >= 15 is 0 Å². The van der Waals surface area contributed by atoms with Gasteiger partial charge in [-0.3, -0.25) is 9.59 Å². The summed E-state index contributed by atoms with van der Waals surface area (Å²) in [5.74, 6) is -0.637. The standard InChI is InChI=1S/C23H24FN5O2/c24-17-8-9-19(20(15-17)27-25)21(30)7-4-12-28-13-10-23(11-14-28)22(31)26-16-29(23)18-5-2-1-3-6-18/h1-3,5-6,8-9,15H,4,7,10-14,16H2/p+1. The second kappa shape index (κ2) is 8.82. The normalized spacial score (nSPS) is 18.1. The first kappa shape index (κ1) is 20.9. The molecule has 2 aliphatic rings. The van der Waals surface area contributed by atoms with Gasteiger partial charge in [0.1, 0.15) is 16.9 Å². The van der Waals surface area contributed by atoms with Crippen molar-refractivity contribution < 1.29 is 14.0 Å². The zero-order chi connectivity index (χ0) is 21.8. The first-order valence-corrected chi connectivity index (χ1v) is 10.5. The van der Waals surface area contributed by atoms with Crippen molar-refractivity contribution in [3.05, 3.63) is 64.9 Å². The van der Waals surface area contributed by atoms with Crippen LogP contribution in [0.4, 0.5) is 15.8 Å². The number of likely N-dealkylation sites (tertiary alicyclic amines) is 1. The number of amides is 1. The molecule has 0 saturated carbocycles. The second-order valence-electron chi connectivity index (χ2n) is 8.09. The third-order valence-corrected chi connectivity index (χ3v) is 6.33. The number of hydrogen-bond acceptors (Lipinski definition) is 5. The van der Waals surface area contributed by atoms with Gasteiger partial charge in [0.2, 0.25) is 11.3 Å². The Morgan fingerprint density at radius 2 is 1.90 bits per heavy atom. The monoisotopic (exact) mass is 422 g/mol. The number of piperidine rings is 1. The van der Waals surface area contributed by atoms with Gasteiger partial charge in [-0.2, -0.15) is 0 Å². The Kier molecular flexibility index (Phi) is 5.96. The Morgan fingerprint density at radius 3 is 2.61 bits per heavy atom. The summed E-state index contributed by atoms with van der Waals surface area (Å²) in [5, 5.41) is 12.0. The van der Waals surface area contributed by atoms with Crippen molar-refractivity contribution in [1.29, 1.82) is 5.39 Å². The lowest BCUT2D eigenvalue weighted by Gasteiger charge is -2.43. The topological polar surface area (TPSA) is 80.8 Å². The Bertz CT molecular complexity index is 1010. The van der Waals surface area contributed by atoms with Crippen LogP contribution in [0.1, 0.15) is 36.0 Å². The number of nitrogens with zero attached hydrogens (tertiary/aromatic N) is 4. The fourth-order valence-electron chi connectivity index (χ4n) is 4.60. The first-order chi connectivity index (χ1) is 15.0. The van der Waals surface area contributed by atoms with Gasteiger partial charge in [0, 0.05) is 25.2 Å². The molecule has 0 atom stereocenters. The molecule has 0 unspecified atom stereocenters. The molecule has 1 amide bonds. The lowest BCUT2D eigenvalue weighted by molar-refractivity contribution is -0.125. The summed E-state index contributed by atoms with van der Waals surface area (Å²) in [6, 6.07) is 13.6. The maximum atomic E-state index is 13.3. The Balaban J connectivity index is 1.32. The van der Waals surface area contributed by atoms with Gasteiger partial charge in [-0.25, -0.2) is 4.39 Å². The molecule has 160 valence electrons. The second-order valence-corrected chi connectivity index (χ2v) is 8.09. The number of anilines is 1. The minimum Gasteiger partial charge on any atom is -0.339 e. The van der Waals surface area contributed by atoms with Gasteiger partial charge in [-0.05, 0) is 50.1 Å². The van der Waals surface area contributed by atoms with Crippen LogP contribution in [0, 0.1) is 11.2 Å². The van der Waals surface area contributed by atoms with Crippen LogP contribution in [0.3, 0.4) is 0 Å². The van der Waals surface area contributed by atoms with Gasteiger partial charge in [0.25, 0.3) is 0 Å². The Morgan fingerprint density at radius 1 is 1.16 bits per heavy atom. The molecular formula is C23H25FN5O2+. The minimum atomic E-state index is -0.549. The molecule has 2 aromatic rings. The van der Waals surface area contributed by atoms with Gasteiger partial charge >= 0.3 is 5.69 Å². The molecule has 0 radical (unpaired) electrons. The molecule has 2 aliphatic heterocycles. The number of nitrogens with one attached hydrogen (secondary N) is 1. The zero-order valence-electron chi connectivity index (χ0n) is 17.3. The number of carbonyl (C=O) groups excluding carboxylic acids is 2. The average Bonchev–Trinajstić information content (AvgIpc) is 3.11. The van der Waals surface area contributed by atoms with Crippen LogP contribution in [0.5, 0.6) is 0 Å². The summed E-state index contributed by atoms with van der Waals surface area (Å²) in [6.07, 6.45) is 2.38. The maximum absolute atomic E-state index is 13.3. The SMILES string of the molecule is N#[N+]c1cc(F)ccc1C(=O)CCCN1CCC2(CC1)C(=O)NCN2c1ccccc1. The summed E-state index contributed by atoms with van der Waals surface area (Å²) in [4.78, 5) is 32.6. The summed E-state index contributed by atoms with van der Waals surface area (Å²) >= 11 is 0. The summed E-state index contributed by atoms with van der Waals surface area (Å²) in [5.41, 5.74) is 0.712.